The van der Waals surface area contributed by atoms with Crippen LogP contribution in [0.2, 0.25) is 0 Å². The maximum Gasteiger partial charge on any atom is 0.245 e. The maximum absolute atomic E-state index is 13.7. The summed E-state index contributed by atoms with van der Waals surface area (Å²) >= 11 is 0. The van der Waals surface area contributed by atoms with Crippen LogP contribution in [0.1, 0.15) is 19.8 Å². The summed E-state index contributed by atoms with van der Waals surface area (Å²) in [6.45, 7) is 3.01. The molecule has 1 fully saturated rings. The van der Waals surface area contributed by atoms with Crippen molar-refractivity contribution in [3.8, 4) is 0 Å². The van der Waals surface area contributed by atoms with Crippen molar-refractivity contribution in [2.24, 2.45) is 5.92 Å². The molecule has 0 atom stereocenters. The number of carbonyl (C=O) groups excluding carboxylic acids is 1. The first-order valence-corrected chi connectivity index (χ1v) is 8.81. The van der Waals surface area contributed by atoms with E-state index in [4.69, 9.17) is 0 Å². The molecule has 2 rings (SSSR count). The number of carbonyl (C=O) groups is 1. The van der Waals surface area contributed by atoms with Gasteiger partial charge in [-0.25, -0.2) is 12.8 Å². The van der Waals surface area contributed by atoms with E-state index >= 15 is 0 Å². The number of hydrogen-bond donors (Lipinski definition) is 0. The molecule has 0 bridgehead atoms. The fraction of sp³-hybridized carbons (Fsp3) is 0.533. The van der Waals surface area contributed by atoms with Crippen LogP contribution >= 0.6 is 0 Å². The van der Waals surface area contributed by atoms with E-state index in [9.17, 15) is 17.6 Å². The normalized spacial score (nSPS) is 17.4. The Kier molecular flexibility index (Phi) is 5.18. The topological polar surface area (TPSA) is 57.7 Å². The van der Waals surface area contributed by atoms with Gasteiger partial charge in [0.1, 0.15) is 10.7 Å². The molecule has 22 heavy (non-hydrogen) atoms. The van der Waals surface area contributed by atoms with Gasteiger partial charge in [0.25, 0.3) is 0 Å². The average molecular weight is 328 g/mol. The van der Waals surface area contributed by atoms with E-state index in [1.165, 1.54) is 22.5 Å². The van der Waals surface area contributed by atoms with Crippen molar-refractivity contribution in [3.63, 3.8) is 0 Å². The highest BCUT2D eigenvalue weighted by atomic mass is 32.2. The number of rotatable bonds is 4. The second kappa shape index (κ2) is 6.75. The van der Waals surface area contributed by atoms with E-state index in [2.05, 4.69) is 0 Å². The minimum Gasteiger partial charge on any atom is -0.346 e. The first-order chi connectivity index (χ1) is 10.4. The highest BCUT2D eigenvalue weighted by molar-refractivity contribution is 7.89. The Labute approximate surface area is 130 Å². The number of halogens is 1. The van der Waals surface area contributed by atoms with Crippen molar-refractivity contribution in [1.29, 1.82) is 0 Å². The molecule has 0 spiro atoms. The zero-order chi connectivity index (χ0) is 16.3. The molecule has 1 aliphatic rings. The van der Waals surface area contributed by atoms with Gasteiger partial charge in [0, 0.05) is 32.6 Å². The van der Waals surface area contributed by atoms with E-state index in [-0.39, 0.29) is 29.8 Å². The van der Waals surface area contributed by atoms with Crippen molar-refractivity contribution >= 4 is 15.9 Å². The van der Waals surface area contributed by atoms with Crippen molar-refractivity contribution in [1.82, 2.24) is 9.21 Å². The highest BCUT2D eigenvalue weighted by Gasteiger charge is 2.33. The standard InChI is InChI=1S/C15H21FN2O3S/c1-3-17(2)15(19)12-8-10-18(11-9-12)22(20,21)14-7-5-4-6-13(14)16/h4-7,12H,3,8-11H2,1-2H3. The summed E-state index contributed by atoms with van der Waals surface area (Å²) in [4.78, 5) is 13.5. The Hall–Kier alpha value is -1.47. The molecule has 0 aromatic heterocycles. The Morgan fingerprint density at radius 3 is 2.45 bits per heavy atom. The van der Waals surface area contributed by atoms with E-state index in [1.54, 1.807) is 11.9 Å². The number of sulfonamides is 1. The van der Waals surface area contributed by atoms with Crippen LogP contribution < -0.4 is 0 Å². The van der Waals surface area contributed by atoms with Gasteiger partial charge in [0.05, 0.1) is 0 Å². The Balaban J connectivity index is 2.08. The predicted molar refractivity (Wildman–Crippen MR) is 81.2 cm³/mol. The third kappa shape index (κ3) is 3.30. The lowest BCUT2D eigenvalue weighted by molar-refractivity contribution is -0.135. The van der Waals surface area contributed by atoms with E-state index < -0.39 is 15.8 Å². The van der Waals surface area contributed by atoms with E-state index in [0.717, 1.165) is 6.07 Å². The van der Waals surface area contributed by atoms with Crippen molar-refractivity contribution < 1.29 is 17.6 Å². The van der Waals surface area contributed by atoms with Gasteiger partial charge in [-0.15, -0.1) is 0 Å². The number of hydrogen-bond acceptors (Lipinski definition) is 3. The van der Waals surface area contributed by atoms with Gasteiger partial charge in [-0.05, 0) is 31.9 Å². The highest BCUT2D eigenvalue weighted by Crippen LogP contribution is 2.26. The molecular formula is C15H21FN2O3S. The summed E-state index contributed by atoms with van der Waals surface area (Å²) in [5, 5.41) is 0. The van der Waals surface area contributed by atoms with Gasteiger partial charge in [-0.3, -0.25) is 4.79 Å². The third-order valence-corrected chi connectivity index (χ3v) is 6.04. The largest absolute Gasteiger partial charge is 0.346 e. The quantitative estimate of drug-likeness (QED) is 0.845. The molecule has 1 amide bonds. The van der Waals surface area contributed by atoms with Crippen molar-refractivity contribution in [2.45, 2.75) is 24.7 Å². The number of nitrogens with zero attached hydrogens (tertiary/aromatic N) is 2. The fourth-order valence-corrected chi connectivity index (χ4v) is 4.14. The summed E-state index contributed by atoms with van der Waals surface area (Å²) in [6.07, 6.45) is 0.938. The van der Waals surface area contributed by atoms with Crippen LogP contribution in [0.5, 0.6) is 0 Å². The smallest absolute Gasteiger partial charge is 0.245 e. The minimum atomic E-state index is -3.83. The Morgan fingerprint density at radius 1 is 1.32 bits per heavy atom. The zero-order valence-electron chi connectivity index (χ0n) is 12.8. The van der Waals surface area contributed by atoms with Gasteiger partial charge in [-0.1, -0.05) is 12.1 Å². The van der Waals surface area contributed by atoms with Gasteiger partial charge in [0.2, 0.25) is 15.9 Å². The lowest BCUT2D eigenvalue weighted by Crippen LogP contribution is -2.43. The van der Waals surface area contributed by atoms with Gasteiger partial charge >= 0.3 is 0 Å². The number of piperidine rings is 1. The summed E-state index contributed by atoms with van der Waals surface area (Å²) < 4.78 is 39.9. The molecule has 0 radical (unpaired) electrons. The van der Waals surface area contributed by atoms with Gasteiger partial charge < -0.3 is 4.90 Å². The molecule has 1 heterocycles. The van der Waals surface area contributed by atoms with Crippen LogP contribution in [0, 0.1) is 11.7 Å². The summed E-state index contributed by atoms with van der Waals surface area (Å²) in [7, 11) is -2.09. The SMILES string of the molecule is CCN(C)C(=O)C1CCN(S(=O)(=O)c2ccccc2F)CC1. The Morgan fingerprint density at radius 2 is 1.91 bits per heavy atom. The molecule has 0 aliphatic carbocycles. The molecule has 1 aromatic carbocycles. The maximum atomic E-state index is 13.7. The van der Waals surface area contributed by atoms with E-state index in [0.29, 0.717) is 19.4 Å². The molecular weight excluding hydrogens is 307 g/mol. The molecule has 0 saturated carbocycles. The lowest BCUT2D eigenvalue weighted by Gasteiger charge is -2.32. The molecule has 1 aromatic rings. The zero-order valence-corrected chi connectivity index (χ0v) is 13.6. The van der Waals surface area contributed by atoms with E-state index in [1.807, 2.05) is 6.92 Å². The second-order valence-corrected chi connectivity index (χ2v) is 7.37. The summed E-state index contributed by atoms with van der Waals surface area (Å²) in [5.74, 6) is -0.853. The van der Waals surface area contributed by atoms with Crippen LogP contribution in [-0.4, -0.2) is 50.2 Å². The molecule has 5 nitrogen and oxygen atoms in total. The van der Waals surface area contributed by atoms with Crippen molar-refractivity contribution in [3.05, 3.63) is 30.1 Å². The summed E-state index contributed by atoms with van der Waals surface area (Å²) in [5.41, 5.74) is 0. The molecule has 7 heteroatoms. The second-order valence-electron chi connectivity index (χ2n) is 5.46. The summed E-state index contributed by atoms with van der Waals surface area (Å²) in [6, 6.07) is 5.37. The van der Waals surface area contributed by atoms with Crippen LogP contribution in [0.15, 0.2) is 29.2 Å². The molecule has 0 N–H and O–H groups in total. The van der Waals surface area contributed by atoms with Gasteiger partial charge in [-0.2, -0.15) is 4.31 Å². The predicted octanol–water partition coefficient (Wildman–Crippen LogP) is 1.70. The number of amides is 1. The van der Waals surface area contributed by atoms with Crippen LogP contribution in [0.25, 0.3) is 0 Å². The van der Waals surface area contributed by atoms with Crippen LogP contribution in [0.4, 0.5) is 4.39 Å². The molecule has 122 valence electrons. The lowest BCUT2D eigenvalue weighted by atomic mass is 9.97. The van der Waals surface area contributed by atoms with Gasteiger partial charge in [0.15, 0.2) is 0 Å². The Bertz CT molecular complexity index is 640. The fourth-order valence-electron chi connectivity index (χ4n) is 2.60. The first-order valence-electron chi connectivity index (χ1n) is 7.37. The monoisotopic (exact) mass is 328 g/mol. The first kappa shape index (κ1) is 16.9. The third-order valence-electron chi connectivity index (χ3n) is 4.11. The molecule has 0 unspecified atom stereocenters. The molecule has 1 saturated heterocycles. The van der Waals surface area contributed by atoms with Crippen LogP contribution in [-0.2, 0) is 14.8 Å². The molecule has 1 aliphatic heterocycles. The van der Waals surface area contributed by atoms with Crippen molar-refractivity contribution in [2.75, 3.05) is 26.7 Å². The van der Waals surface area contributed by atoms with Crippen LogP contribution in [0.3, 0.4) is 0 Å². The average Bonchev–Trinajstić information content (AvgIpc) is 2.53. The number of benzene rings is 1. The minimum absolute atomic E-state index is 0.0467.